The lowest BCUT2D eigenvalue weighted by Crippen LogP contribution is -2.26. The number of pyridine rings is 1. The van der Waals surface area contributed by atoms with Gasteiger partial charge in [-0.05, 0) is 19.1 Å². The van der Waals surface area contributed by atoms with E-state index in [0.717, 1.165) is 5.65 Å². The van der Waals surface area contributed by atoms with Gasteiger partial charge in [-0.2, -0.15) is 0 Å². The van der Waals surface area contributed by atoms with Crippen molar-refractivity contribution in [2.75, 3.05) is 0 Å². The number of hydrogen-bond acceptors (Lipinski definition) is 6. The van der Waals surface area contributed by atoms with Crippen molar-refractivity contribution < 1.29 is 9.42 Å². The van der Waals surface area contributed by atoms with Gasteiger partial charge in [-0.25, -0.2) is 4.63 Å². The van der Waals surface area contributed by atoms with Crippen LogP contribution < -0.4 is 5.32 Å². The molecule has 8 heteroatoms. The number of nitrogens with zero attached hydrogens (tertiary/aromatic N) is 5. The van der Waals surface area contributed by atoms with Crippen LogP contribution in [0.5, 0.6) is 0 Å². The zero-order valence-electron chi connectivity index (χ0n) is 10.8. The molecule has 8 nitrogen and oxygen atoms in total. The van der Waals surface area contributed by atoms with Crippen LogP contribution in [0.4, 0.5) is 0 Å². The first-order valence-electron chi connectivity index (χ1n) is 6.07. The van der Waals surface area contributed by atoms with Crippen LogP contribution in [-0.2, 0) is 17.8 Å². The number of aryl methyl sites for hydroxylation is 1. The summed E-state index contributed by atoms with van der Waals surface area (Å²) in [5.41, 5.74) is 1.90. The highest BCUT2D eigenvalue weighted by Gasteiger charge is 2.12. The van der Waals surface area contributed by atoms with Crippen molar-refractivity contribution in [3.05, 3.63) is 41.6 Å². The number of nitrogens with one attached hydrogen (secondary N) is 1. The van der Waals surface area contributed by atoms with E-state index in [0.29, 0.717) is 23.8 Å². The zero-order valence-corrected chi connectivity index (χ0v) is 10.8. The Hall–Kier alpha value is -2.77. The molecule has 0 spiro atoms. The van der Waals surface area contributed by atoms with Crippen molar-refractivity contribution in [2.45, 2.75) is 19.9 Å². The Bertz CT molecular complexity index is 747. The molecular formula is C12H12N6O2. The predicted octanol–water partition coefficient (Wildman–Crippen LogP) is 0.280. The summed E-state index contributed by atoms with van der Waals surface area (Å²) in [4.78, 5) is 11.8. The van der Waals surface area contributed by atoms with Crippen LogP contribution in [0.25, 0.3) is 5.65 Å². The molecule has 0 unspecified atom stereocenters. The van der Waals surface area contributed by atoms with E-state index in [1.165, 1.54) is 0 Å². The van der Waals surface area contributed by atoms with E-state index < -0.39 is 0 Å². The van der Waals surface area contributed by atoms with Crippen LogP contribution in [0.1, 0.15) is 17.2 Å². The Kier molecular flexibility index (Phi) is 3.12. The number of aromatic nitrogens is 5. The van der Waals surface area contributed by atoms with Crippen molar-refractivity contribution in [3.63, 3.8) is 0 Å². The van der Waals surface area contributed by atoms with Crippen LogP contribution in [0.15, 0.2) is 29.0 Å². The highest BCUT2D eigenvalue weighted by atomic mass is 16.6. The summed E-state index contributed by atoms with van der Waals surface area (Å²) in [5.74, 6) is 0.500. The van der Waals surface area contributed by atoms with E-state index in [1.54, 1.807) is 6.92 Å². The molecule has 0 aliphatic rings. The molecule has 102 valence electrons. The molecule has 0 fully saturated rings. The summed E-state index contributed by atoms with van der Waals surface area (Å²) in [7, 11) is 0. The molecule has 0 saturated heterocycles. The average Bonchev–Trinajstić information content (AvgIpc) is 3.04. The smallest absolute Gasteiger partial charge is 0.226 e. The summed E-state index contributed by atoms with van der Waals surface area (Å²) in [6.07, 6.45) is 1.98. The van der Waals surface area contributed by atoms with E-state index in [2.05, 4.69) is 30.5 Å². The third-order valence-corrected chi connectivity index (χ3v) is 2.90. The van der Waals surface area contributed by atoms with Gasteiger partial charge in [0.25, 0.3) is 0 Å². The lowest BCUT2D eigenvalue weighted by molar-refractivity contribution is -0.120. The summed E-state index contributed by atoms with van der Waals surface area (Å²) in [6, 6.07) is 5.61. The van der Waals surface area contributed by atoms with Gasteiger partial charge in [-0.15, -0.1) is 10.2 Å². The Labute approximate surface area is 113 Å². The van der Waals surface area contributed by atoms with Gasteiger partial charge in [0.2, 0.25) is 5.91 Å². The Morgan fingerprint density at radius 2 is 2.25 bits per heavy atom. The van der Waals surface area contributed by atoms with E-state index >= 15 is 0 Å². The van der Waals surface area contributed by atoms with Gasteiger partial charge < -0.3 is 5.32 Å². The van der Waals surface area contributed by atoms with E-state index in [1.807, 2.05) is 28.8 Å². The fourth-order valence-corrected chi connectivity index (χ4v) is 1.81. The van der Waals surface area contributed by atoms with Crippen LogP contribution in [0.3, 0.4) is 0 Å². The normalized spacial score (nSPS) is 10.8. The molecule has 0 aliphatic carbocycles. The average molecular weight is 272 g/mol. The highest BCUT2D eigenvalue weighted by Crippen LogP contribution is 2.04. The van der Waals surface area contributed by atoms with Gasteiger partial charge in [0.1, 0.15) is 11.4 Å². The van der Waals surface area contributed by atoms with Crippen LogP contribution in [0.2, 0.25) is 0 Å². The molecule has 0 bridgehead atoms. The van der Waals surface area contributed by atoms with E-state index in [9.17, 15) is 4.79 Å². The van der Waals surface area contributed by atoms with Crippen molar-refractivity contribution in [2.24, 2.45) is 0 Å². The lowest BCUT2D eigenvalue weighted by Gasteiger charge is -2.02. The minimum atomic E-state index is -0.170. The molecule has 0 radical (unpaired) electrons. The zero-order chi connectivity index (χ0) is 13.9. The molecule has 3 heterocycles. The van der Waals surface area contributed by atoms with Crippen molar-refractivity contribution in [1.82, 2.24) is 30.2 Å². The molecule has 0 saturated carbocycles. The minimum absolute atomic E-state index is 0.131. The molecule has 0 aromatic carbocycles. The van der Waals surface area contributed by atoms with Crippen LogP contribution in [0, 0.1) is 6.92 Å². The number of hydrogen-bond donors (Lipinski definition) is 1. The maximum Gasteiger partial charge on any atom is 0.226 e. The van der Waals surface area contributed by atoms with Gasteiger partial charge >= 0.3 is 0 Å². The summed E-state index contributed by atoms with van der Waals surface area (Å²) in [6.45, 7) is 2.04. The molecule has 1 amide bonds. The molecule has 3 rings (SSSR count). The largest absolute Gasteiger partial charge is 0.348 e. The number of rotatable bonds is 4. The monoisotopic (exact) mass is 272 g/mol. The van der Waals surface area contributed by atoms with E-state index in [-0.39, 0.29) is 12.3 Å². The number of carbonyl (C=O) groups is 1. The molecule has 20 heavy (non-hydrogen) atoms. The fourth-order valence-electron chi connectivity index (χ4n) is 1.81. The van der Waals surface area contributed by atoms with Crippen molar-refractivity contribution in [1.29, 1.82) is 0 Å². The van der Waals surface area contributed by atoms with Crippen LogP contribution in [-0.4, -0.2) is 30.8 Å². The first kappa shape index (κ1) is 12.3. The standard InChI is InChI=1S/C12H12N6O2/c1-8-9(17-20-16-8)6-12(19)13-7-11-15-14-10-4-2-3-5-18(10)11/h2-5H,6-7H2,1H3,(H,13,19). The van der Waals surface area contributed by atoms with Crippen molar-refractivity contribution in [3.8, 4) is 0 Å². The first-order valence-corrected chi connectivity index (χ1v) is 6.07. The molecule has 0 aliphatic heterocycles. The SMILES string of the molecule is Cc1nonc1CC(=O)NCc1nnc2ccccn12. The lowest BCUT2D eigenvalue weighted by atomic mass is 10.2. The van der Waals surface area contributed by atoms with Crippen LogP contribution >= 0.6 is 0 Å². The minimum Gasteiger partial charge on any atom is -0.348 e. The second kappa shape index (κ2) is 5.08. The Balaban J connectivity index is 1.65. The summed E-state index contributed by atoms with van der Waals surface area (Å²) < 4.78 is 6.37. The van der Waals surface area contributed by atoms with Gasteiger partial charge in [-0.1, -0.05) is 16.4 Å². The molecule has 0 atom stereocenters. The highest BCUT2D eigenvalue weighted by molar-refractivity contribution is 5.78. The molecule has 1 N–H and O–H groups in total. The van der Waals surface area contributed by atoms with Gasteiger partial charge in [0.15, 0.2) is 11.5 Å². The third-order valence-electron chi connectivity index (χ3n) is 2.90. The second-order valence-electron chi connectivity index (χ2n) is 4.29. The molecule has 3 aromatic rings. The predicted molar refractivity (Wildman–Crippen MR) is 67.6 cm³/mol. The molecular weight excluding hydrogens is 260 g/mol. The third kappa shape index (κ3) is 2.35. The Morgan fingerprint density at radius 1 is 1.35 bits per heavy atom. The number of amides is 1. The number of fused-ring (bicyclic) bond motifs is 1. The van der Waals surface area contributed by atoms with E-state index in [4.69, 9.17) is 0 Å². The van der Waals surface area contributed by atoms with Crippen molar-refractivity contribution >= 4 is 11.6 Å². The maximum absolute atomic E-state index is 11.8. The first-order chi connectivity index (χ1) is 9.74. The molecule has 3 aromatic heterocycles. The van der Waals surface area contributed by atoms with Gasteiger partial charge in [0, 0.05) is 6.20 Å². The summed E-state index contributed by atoms with van der Waals surface area (Å²) >= 11 is 0. The fraction of sp³-hybridized carbons (Fsp3) is 0.250. The number of carbonyl (C=O) groups excluding carboxylic acids is 1. The topological polar surface area (TPSA) is 98.2 Å². The van der Waals surface area contributed by atoms with Gasteiger partial charge in [0.05, 0.1) is 13.0 Å². The Morgan fingerprint density at radius 3 is 3.05 bits per heavy atom. The van der Waals surface area contributed by atoms with Gasteiger partial charge in [-0.3, -0.25) is 9.20 Å². The summed E-state index contributed by atoms with van der Waals surface area (Å²) in [5, 5.41) is 18.1. The second-order valence-corrected chi connectivity index (χ2v) is 4.29. The quantitative estimate of drug-likeness (QED) is 0.732. The maximum atomic E-state index is 11.8.